The fraction of sp³-hybridized carbons (Fsp3) is 0.333. The first-order valence-corrected chi connectivity index (χ1v) is 2.85. The van der Waals surface area contributed by atoms with Crippen LogP contribution in [0.5, 0.6) is 0 Å². The fourth-order valence-electron chi connectivity index (χ4n) is 0.757. The van der Waals surface area contributed by atoms with Gasteiger partial charge in [0.15, 0.2) is 0 Å². The van der Waals surface area contributed by atoms with Crippen molar-refractivity contribution in [2.45, 2.75) is 12.8 Å². The molecule has 1 aliphatic carbocycles. The van der Waals surface area contributed by atoms with Crippen LogP contribution in [0.1, 0.15) is 12.8 Å². The van der Waals surface area contributed by atoms with Crippen LogP contribution in [0.4, 0.5) is 0 Å². The van der Waals surface area contributed by atoms with Crippen LogP contribution in [0, 0.1) is 0 Å². The normalized spacial score (nSPS) is 17.8. The molecule has 0 atom stereocenters. The van der Waals surface area contributed by atoms with E-state index < -0.39 is 0 Å². The lowest BCUT2D eigenvalue weighted by Gasteiger charge is -2.00. The second-order valence-corrected chi connectivity index (χ2v) is 1.85. The van der Waals surface area contributed by atoms with Gasteiger partial charge in [-0.05, 0) is 12.8 Å². The van der Waals surface area contributed by atoms with Crippen molar-refractivity contribution in [3.63, 3.8) is 0 Å². The second kappa shape index (κ2) is 2.81. The van der Waals surface area contributed by atoms with E-state index in [2.05, 4.69) is 12.2 Å². The average Bonchev–Trinajstić information content (AvgIpc) is 1.90. The predicted molar refractivity (Wildman–Crippen MR) is 38.0 cm³/mol. The summed E-state index contributed by atoms with van der Waals surface area (Å²) >= 11 is 0. The first-order chi connectivity index (χ1) is 3.93. The molecule has 0 fully saturated rings. The minimum absolute atomic E-state index is 1.14. The molecule has 0 bridgehead atoms. The van der Waals surface area contributed by atoms with Crippen LogP contribution in [0.15, 0.2) is 23.7 Å². The van der Waals surface area contributed by atoms with Gasteiger partial charge in [0.05, 0.1) is 7.17 Å². The van der Waals surface area contributed by atoms with Crippen LogP contribution in [0.3, 0.4) is 0 Å². The highest BCUT2D eigenvalue weighted by Crippen LogP contribution is 2.06. The van der Waals surface area contributed by atoms with Gasteiger partial charge < -0.3 is 0 Å². The van der Waals surface area contributed by atoms with Crippen molar-refractivity contribution in [2.75, 3.05) is 0 Å². The fourth-order valence-corrected chi connectivity index (χ4v) is 0.757. The van der Waals surface area contributed by atoms with E-state index in [1.165, 1.54) is 0 Å². The van der Waals surface area contributed by atoms with E-state index in [1.807, 2.05) is 6.08 Å². The highest BCUT2D eigenvalue weighted by atomic mass is 13.9. The highest BCUT2D eigenvalue weighted by molar-refractivity contribution is 6.94. The van der Waals surface area contributed by atoms with Gasteiger partial charge in [-0.15, -0.1) is 5.47 Å². The summed E-state index contributed by atoms with van der Waals surface area (Å²) in [7, 11) is 6.89. The maximum atomic E-state index is 5.26. The maximum Gasteiger partial charge on any atom is 0.0952 e. The monoisotopic (exact) mass is 101 g/mol. The van der Waals surface area contributed by atoms with Crippen molar-refractivity contribution in [1.82, 2.24) is 0 Å². The minimum atomic E-state index is 1.14. The third-order valence-corrected chi connectivity index (χ3v) is 1.22. The summed E-state index contributed by atoms with van der Waals surface area (Å²) in [6, 6.07) is 0. The molecule has 0 spiro atoms. The molecule has 1 rings (SSSR count). The smallest absolute Gasteiger partial charge is 0.0952 e. The SMILES string of the molecule is [B][B]C1=CCCC=C1. The molecule has 0 aromatic heterocycles. The summed E-state index contributed by atoms with van der Waals surface area (Å²) in [6.45, 7) is 0. The Morgan fingerprint density at radius 1 is 1.50 bits per heavy atom. The molecule has 0 N–H and O–H groups in total. The zero-order valence-electron chi connectivity index (χ0n) is 4.80. The molecule has 0 saturated carbocycles. The molecule has 0 heterocycles. The number of allylic oxidation sites excluding steroid dienone is 4. The molecule has 3 radical (unpaired) electrons. The lowest BCUT2D eigenvalue weighted by atomic mass is 9.50. The summed E-state index contributed by atoms with van der Waals surface area (Å²) in [6.07, 6.45) is 8.62. The van der Waals surface area contributed by atoms with Gasteiger partial charge in [0.1, 0.15) is 0 Å². The molecule has 0 aromatic rings. The van der Waals surface area contributed by atoms with E-state index >= 15 is 0 Å². The zero-order valence-corrected chi connectivity index (χ0v) is 4.80. The molecule has 2 heteroatoms. The zero-order chi connectivity index (χ0) is 5.82. The molecule has 0 aliphatic heterocycles. The third-order valence-electron chi connectivity index (χ3n) is 1.22. The van der Waals surface area contributed by atoms with Gasteiger partial charge in [-0.3, -0.25) is 0 Å². The van der Waals surface area contributed by atoms with Gasteiger partial charge in [0, 0.05) is 7.74 Å². The summed E-state index contributed by atoms with van der Waals surface area (Å²) in [5, 5.41) is 0. The molecule has 0 nitrogen and oxygen atoms in total. The van der Waals surface area contributed by atoms with Gasteiger partial charge in [-0.1, -0.05) is 18.2 Å². The van der Waals surface area contributed by atoms with Crippen molar-refractivity contribution < 1.29 is 0 Å². The van der Waals surface area contributed by atoms with E-state index in [4.69, 9.17) is 7.74 Å². The molecule has 0 saturated heterocycles. The van der Waals surface area contributed by atoms with E-state index in [9.17, 15) is 0 Å². The van der Waals surface area contributed by atoms with Crippen molar-refractivity contribution in [1.29, 1.82) is 0 Å². The van der Waals surface area contributed by atoms with E-state index in [-0.39, 0.29) is 0 Å². The second-order valence-electron chi connectivity index (χ2n) is 1.85. The van der Waals surface area contributed by atoms with Crippen LogP contribution < -0.4 is 0 Å². The van der Waals surface area contributed by atoms with E-state index in [0.29, 0.717) is 0 Å². The summed E-state index contributed by atoms with van der Waals surface area (Å²) in [4.78, 5) is 0. The van der Waals surface area contributed by atoms with Gasteiger partial charge in [-0.25, -0.2) is 0 Å². The first kappa shape index (κ1) is 5.74. The van der Waals surface area contributed by atoms with Crippen molar-refractivity contribution in [3.05, 3.63) is 23.7 Å². The topological polar surface area (TPSA) is 0 Å². The van der Waals surface area contributed by atoms with Crippen LogP contribution in [-0.4, -0.2) is 14.9 Å². The molecule has 0 unspecified atom stereocenters. The molecular formula is C6H7B2. The van der Waals surface area contributed by atoms with Crippen LogP contribution in [0.25, 0.3) is 0 Å². The largest absolute Gasteiger partial charge is 0.102 e. The Bertz CT molecular complexity index is 124. The van der Waals surface area contributed by atoms with Gasteiger partial charge in [0.25, 0.3) is 0 Å². The predicted octanol–water partition coefficient (Wildman–Crippen LogP) is 1.01. The molecule has 8 heavy (non-hydrogen) atoms. The van der Waals surface area contributed by atoms with Gasteiger partial charge >= 0.3 is 0 Å². The van der Waals surface area contributed by atoms with Crippen LogP contribution in [0.2, 0.25) is 0 Å². The summed E-state index contributed by atoms with van der Waals surface area (Å²) < 4.78 is 0. The maximum absolute atomic E-state index is 5.26. The molecule has 37 valence electrons. The molecule has 0 aromatic carbocycles. The lowest BCUT2D eigenvalue weighted by molar-refractivity contribution is 1.03. The van der Waals surface area contributed by atoms with Gasteiger partial charge in [-0.2, -0.15) is 0 Å². The van der Waals surface area contributed by atoms with Crippen LogP contribution >= 0.6 is 0 Å². The summed E-state index contributed by atoms with van der Waals surface area (Å²) in [5.74, 6) is 0. The molecular weight excluding hydrogens is 93.7 g/mol. The van der Waals surface area contributed by atoms with Crippen LogP contribution in [-0.2, 0) is 0 Å². The van der Waals surface area contributed by atoms with Gasteiger partial charge in [0.2, 0.25) is 0 Å². The Balaban J connectivity index is 2.51. The molecule has 1 aliphatic rings. The minimum Gasteiger partial charge on any atom is -0.102 e. The quantitative estimate of drug-likeness (QED) is 0.432. The lowest BCUT2D eigenvalue weighted by Crippen LogP contribution is -1.94. The third kappa shape index (κ3) is 1.29. The highest BCUT2D eigenvalue weighted by Gasteiger charge is 1.91. The van der Waals surface area contributed by atoms with E-state index in [0.717, 1.165) is 18.3 Å². The molecule has 0 amide bonds. The Labute approximate surface area is 52.3 Å². The number of hydrogen-bond acceptors (Lipinski definition) is 0. The van der Waals surface area contributed by atoms with E-state index in [1.54, 1.807) is 7.17 Å². The van der Waals surface area contributed by atoms with Crippen molar-refractivity contribution >= 4 is 14.9 Å². The Morgan fingerprint density at radius 2 is 2.38 bits per heavy atom. The number of rotatable bonds is 1. The number of hydrogen-bond donors (Lipinski definition) is 0. The average molecular weight is 101 g/mol. The Kier molecular flexibility index (Phi) is 2.01. The first-order valence-electron chi connectivity index (χ1n) is 2.85. The standard InChI is InChI=1S/C6H7B2/c7-8-6-4-2-1-3-5-6/h2,4-5H,1,3H2. The van der Waals surface area contributed by atoms with Crippen molar-refractivity contribution in [3.8, 4) is 0 Å². The Morgan fingerprint density at radius 3 is 2.75 bits per heavy atom. The Hall–Kier alpha value is -0.390. The van der Waals surface area contributed by atoms with Crippen molar-refractivity contribution in [2.24, 2.45) is 0 Å². The summed E-state index contributed by atoms with van der Waals surface area (Å²) in [5.41, 5.74) is 1.15.